The van der Waals surface area contributed by atoms with Crippen molar-refractivity contribution < 1.29 is 9.63 Å². The van der Waals surface area contributed by atoms with Gasteiger partial charge in [-0.25, -0.2) is 4.79 Å². The summed E-state index contributed by atoms with van der Waals surface area (Å²) < 4.78 is 0. The van der Waals surface area contributed by atoms with Crippen LogP contribution in [0.25, 0.3) is 0 Å². The molecule has 0 aliphatic rings. The molecule has 4 heteroatoms. The van der Waals surface area contributed by atoms with E-state index in [9.17, 15) is 4.79 Å². The van der Waals surface area contributed by atoms with Gasteiger partial charge in [-0.1, -0.05) is 72.4 Å². The molecule has 0 atom stereocenters. The van der Waals surface area contributed by atoms with Gasteiger partial charge in [0.25, 0.3) is 0 Å². The first-order valence-corrected chi connectivity index (χ1v) is 9.24. The maximum Gasteiger partial charge on any atom is 0.365 e. The fraction of sp³-hybridized carbons (Fsp3) is 0.0909. The van der Waals surface area contributed by atoms with Gasteiger partial charge in [0, 0.05) is 9.79 Å². The van der Waals surface area contributed by atoms with E-state index >= 15 is 0 Å². The van der Waals surface area contributed by atoms with Crippen LogP contribution in [0.5, 0.6) is 0 Å². The third kappa shape index (κ3) is 4.83. The summed E-state index contributed by atoms with van der Waals surface area (Å²) in [7, 11) is 0. The molecule has 0 fully saturated rings. The summed E-state index contributed by atoms with van der Waals surface area (Å²) in [6.07, 6.45) is 0.674. The Kier molecular flexibility index (Phi) is 6.23. The highest BCUT2D eigenvalue weighted by Crippen LogP contribution is 2.27. The molecule has 0 spiro atoms. The van der Waals surface area contributed by atoms with Crippen molar-refractivity contribution in [2.45, 2.75) is 23.1 Å². The normalized spacial score (nSPS) is 11.2. The van der Waals surface area contributed by atoms with Crippen molar-refractivity contribution in [2.24, 2.45) is 5.16 Å². The van der Waals surface area contributed by atoms with Gasteiger partial charge in [0.2, 0.25) is 0 Å². The topological polar surface area (TPSA) is 38.7 Å². The lowest BCUT2D eigenvalue weighted by molar-refractivity contribution is 0.0516. The van der Waals surface area contributed by atoms with Gasteiger partial charge in [0.15, 0.2) is 0 Å². The van der Waals surface area contributed by atoms with E-state index in [0.29, 0.717) is 12.0 Å². The third-order valence-electron chi connectivity index (χ3n) is 3.75. The lowest BCUT2D eigenvalue weighted by atomic mass is 10.1. The Balaban J connectivity index is 1.68. The maximum absolute atomic E-state index is 12.0. The highest BCUT2D eigenvalue weighted by Gasteiger charge is 2.08. The van der Waals surface area contributed by atoms with E-state index in [-0.39, 0.29) is 0 Å². The second-order valence-corrected chi connectivity index (χ2v) is 6.72. The van der Waals surface area contributed by atoms with E-state index in [1.165, 1.54) is 4.90 Å². The predicted octanol–water partition coefficient (Wildman–Crippen LogP) is 5.81. The highest BCUT2D eigenvalue weighted by molar-refractivity contribution is 7.99. The molecule has 0 bridgehead atoms. The minimum absolute atomic E-state index is 0.451. The summed E-state index contributed by atoms with van der Waals surface area (Å²) in [6, 6.07) is 27.2. The van der Waals surface area contributed by atoms with Crippen LogP contribution in [0.2, 0.25) is 0 Å². The molecular formula is C22H19NO2S. The van der Waals surface area contributed by atoms with E-state index in [1.807, 2.05) is 43.3 Å². The molecule has 3 nitrogen and oxygen atoms in total. The first-order chi connectivity index (χ1) is 12.8. The molecule has 3 rings (SSSR count). The van der Waals surface area contributed by atoms with E-state index in [0.717, 1.165) is 16.2 Å². The molecule has 0 saturated heterocycles. The van der Waals surface area contributed by atoms with Gasteiger partial charge in [-0.3, -0.25) is 0 Å². The Morgan fingerprint density at radius 3 is 2.00 bits per heavy atom. The largest absolute Gasteiger partial charge is 0.365 e. The fourth-order valence-corrected chi connectivity index (χ4v) is 3.22. The van der Waals surface area contributed by atoms with Gasteiger partial charge in [0.1, 0.15) is 0 Å². The van der Waals surface area contributed by atoms with Gasteiger partial charge in [0.05, 0.1) is 11.3 Å². The molecule has 3 aromatic rings. The molecule has 0 aromatic heterocycles. The van der Waals surface area contributed by atoms with Crippen molar-refractivity contribution in [2.75, 3.05) is 0 Å². The van der Waals surface area contributed by atoms with Crippen molar-refractivity contribution >= 4 is 23.4 Å². The number of hydrogen-bond acceptors (Lipinski definition) is 4. The molecule has 3 aromatic carbocycles. The smallest absolute Gasteiger partial charge is 0.313 e. The number of carbonyl (C=O) groups is 1. The first-order valence-electron chi connectivity index (χ1n) is 8.43. The fourth-order valence-electron chi connectivity index (χ4n) is 2.38. The molecule has 0 amide bonds. The molecule has 0 aliphatic heterocycles. The molecule has 0 radical (unpaired) electrons. The van der Waals surface area contributed by atoms with Crippen LogP contribution in [-0.4, -0.2) is 11.7 Å². The summed E-state index contributed by atoms with van der Waals surface area (Å²) in [5.41, 5.74) is 2.18. The second-order valence-electron chi connectivity index (χ2n) is 5.58. The number of nitrogens with zero attached hydrogens (tertiary/aromatic N) is 1. The van der Waals surface area contributed by atoms with E-state index in [4.69, 9.17) is 4.84 Å². The summed E-state index contributed by atoms with van der Waals surface area (Å²) in [5, 5.41) is 4.06. The van der Waals surface area contributed by atoms with Crippen LogP contribution in [0.3, 0.4) is 0 Å². The zero-order valence-electron chi connectivity index (χ0n) is 14.5. The Hall–Kier alpha value is -2.85. The summed E-state index contributed by atoms with van der Waals surface area (Å²) in [6.45, 7) is 1.99. The predicted molar refractivity (Wildman–Crippen MR) is 106 cm³/mol. The third-order valence-corrected chi connectivity index (χ3v) is 4.77. The van der Waals surface area contributed by atoms with Crippen molar-refractivity contribution in [1.29, 1.82) is 0 Å². The monoisotopic (exact) mass is 361 g/mol. The van der Waals surface area contributed by atoms with Gasteiger partial charge in [-0.2, -0.15) is 0 Å². The van der Waals surface area contributed by atoms with Crippen LogP contribution in [0.15, 0.2) is 99.9 Å². The average molecular weight is 361 g/mol. The Labute approximate surface area is 157 Å². The van der Waals surface area contributed by atoms with Crippen LogP contribution in [-0.2, 0) is 4.84 Å². The SMILES string of the molecule is CCC(=NOC(=O)c1ccccc1)c1ccc(Sc2ccccc2)cc1. The minimum Gasteiger partial charge on any atom is -0.313 e. The number of benzene rings is 3. The quantitative estimate of drug-likeness (QED) is 0.316. The highest BCUT2D eigenvalue weighted by atomic mass is 32.2. The van der Waals surface area contributed by atoms with Gasteiger partial charge < -0.3 is 4.84 Å². The Bertz CT molecular complexity index is 875. The summed E-state index contributed by atoms with van der Waals surface area (Å²) >= 11 is 1.71. The summed E-state index contributed by atoms with van der Waals surface area (Å²) in [5.74, 6) is -0.451. The molecule has 0 saturated carbocycles. The zero-order chi connectivity index (χ0) is 18.2. The molecule has 0 N–H and O–H groups in total. The molecule has 0 unspecified atom stereocenters. The van der Waals surface area contributed by atoms with E-state index in [1.54, 1.807) is 36.0 Å². The van der Waals surface area contributed by atoms with Gasteiger partial charge in [-0.15, -0.1) is 0 Å². The maximum atomic E-state index is 12.0. The minimum atomic E-state index is -0.451. The van der Waals surface area contributed by atoms with Crippen molar-refractivity contribution in [3.8, 4) is 0 Å². The molecular weight excluding hydrogens is 342 g/mol. The van der Waals surface area contributed by atoms with E-state index in [2.05, 4.69) is 29.4 Å². The zero-order valence-corrected chi connectivity index (χ0v) is 15.3. The van der Waals surface area contributed by atoms with E-state index < -0.39 is 5.97 Å². The van der Waals surface area contributed by atoms with Crippen LogP contribution in [0, 0.1) is 0 Å². The standard InChI is InChI=1S/C22H19NO2S/c1-2-21(23-25-22(24)18-9-5-3-6-10-18)17-13-15-20(16-14-17)26-19-11-7-4-8-12-19/h3-16H,2H2,1H3. The van der Waals surface area contributed by atoms with Crippen molar-refractivity contribution in [3.05, 3.63) is 96.1 Å². The second kappa shape index (κ2) is 9.02. The molecule has 130 valence electrons. The molecule has 26 heavy (non-hydrogen) atoms. The number of rotatable bonds is 6. The Morgan fingerprint density at radius 2 is 1.38 bits per heavy atom. The van der Waals surface area contributed by atoms with Crippen LogP contribution in [0.4, 0.5) is 0 Å². The lowest BCUT2D eigenvalue weighted by Gasteiger charge is -2.06. The number of hydrogen-bond donors (Lipinski definition) is 0. The lowest BCUT2D eigenvalue weighted by Crippen LogP contribution is -2.05. The number of carbonyl (C=O) groups excluding carboxylic acids is 1. The Morgan fingerprint density at radius 1 is 0.808 bits per heavy atom. The molecule has 0 heterocycles. The van der Waals surface area contributed by atoms with Gasteiger partial charge >= 0.3 is 5.97 Å². The van der Waals surface area contributed by atoms with Crippen LogP contribution < -0.4 is 0 Å². The van der Waals surface area contributed by atoms with Crippen molar-refractivity contribution in [3.63, 3.8) is 0 Å². The first kappa shape index (κ1) is 18.0. The summed E-state index contributed by atoms with van der Waals surface area (Å²) in [4.78, 5) is 19.5. The van der Waals surface area contributed by atoms with Crippen LogP contribution in [0.1, 0.15) is 29.3 Å². The van der Waals surface area contributed by atoms with Crippen LogP contribution >= 0.6 is 11.8 Å². The number of oxime groups is 1. The average Bonchev–Trinajstić information content (AvgIpc) is 2.71. The van der Waals surface area contributed by atoms with Crippen molar-refractivity contribution in [1.82, 2.24) is 0 Å². The molecule has 0 aliphatic carbocycles. The van der Waals surface area contributed by atoms with Gasteiger partial charge in [-0.05, 0) is 48.4 Å².